The van der Waals surface area contributed by atoms with Crippen LogP contribution < -0.4 is 4.90 Å². The number of piperidine rings is 1. The average Bonchev–Trinajstić information content (AvgIpc) is 3.56. The quantitative estimate of drug-likeness (QED) is 0.0684. The van der Waals surface area contributed by atoms with E-state index in [4.69, 9.17) is 24.3 Å². The highest BCUT2D eigenvalue weighted by Gasteiger charge is 2.46. The number of hydrogen-bond donors (Lipinski definition) is 0. The summed E-state index contributed by atoms with van der Waals surface area (Å²) >= 11 is 4.04. The third-order valence-corrected chi connectivity index (χ3v) is 13.7. The van der Waals surface area contributed by atoms with Crippen LogP contribution in [0.25, 0.3) is 16.8 Å². The van der Waals surface area contributed by atoms with E-state index in [2.05, 4.69) is 65.1 Å². The van der Waals surface area contributed by atoms with Gasteiger partial charge in [-0.3, -0.25) is 9.78 Å². The smallest absolute Gasteiger partial charge is 0.410 e. The first-order valence-electron chi connectivity index (χ1n) is 18.3. The third kappa shape index (κ3) is 10.1. The van der Waals surface area contributed by atoms with Crippen molar-refractivity contribution < 1.29 is 23.8 Å². The summed E-state index contributed by atoms with van der Waals surface area (Å²) in [7, 11) is -2.60. The first kappa shape index (κ1) is 39.5. The predicted octanol–water partition coefficient (Wildman–Crippen LogP) is 8.83. The number of amides is 1. The summed E-state index contributed by atoms with van der Waals surface area (Å²) < 4.78 is 21.3. The normalized spacial score (nSPS) is 19.5. The summed E-state index contributed by atoms with van der Waals surface area (Å²) in [4.78, 5) is 39.2. The molecule has 3 aromatic heterocycles. The van der Waals surface area contributed by atoms with Crippen molar-refractivity contribution in [2.45, 2.75) is 128 Å². The molecule has 2 bridgehead atoms. The lowest BCUT2D eigenvalue weighted by Crippen LogP contribution is -2.48. The van der Waals surface area contributed by atoms with E-state index in [0.717, 1.165) is 64.9 Å². The number of Topliss-reactive ketones (excluding diaryl/α,β-unsaturated/α-hetero) is 1. The summed E-state index contributed by atoms with van der Waals surface area (Å²) in [6, 6.07) is 5.93. The van der Waals surface area contributed by atoms with Crippen LogP contribution in [0.4, 0.5) is 10.6 Å². The van der Waals surface area contributed by atoms with Gasteiger partial charge in [-0.1, -0.05) is 45.3 Å². The van der Waals surface area contributed by atoms with Crippen LogP contribution in [0.3, 0.4) is 0 Å². The van der Waals surface area contributed by atoms with Gasteiger partial charge in [-0.15, -0.1) is 0 Å². The Bertz CT molecular complexity index is 1660. The third-order valence-electron chi connectivity index (χ3n) is 9.54. The van der Waals surface area contributed by atoms with Gasteiger partial charge in [0.25, 0.3) is 0 Å². The molecule has 0 N–H and O–H groups in total. The second kappa shape index (κ2) is 15.8. The van der Waals surface area contributed by atoms with Crippen molar-refractivity contribution in [1.29, 1.82) is 0 Å². The second-order valence-electron chi connectivity index (χ2n) is 17.6. The van der Waals surface area contributed by atoms with E-state index in [1.54, 1.807) is 12.3 Å². The maximum absolute atomic E-state index is 13.3. The van der Waals surface area contributed by atoms with Gasteiger partial charge >= 0.3 is 6.09 Å². The van der Waals surface area contributed by atoms with Gasteiger partial charge < -0.3 is 24.0 Å². The highest BCUT2D eigenvalue weighted by molar-refractivity contribution is 9.10. The number of ether oxygens (including phenoxy) is 3. The SMILES string of the molecule is CC(=O)c1ccc(-c2cnn3c(N(COCC[Si](C)(C)C)COCC[Si](C)(C)C)c(Br)c([C@H]4C[C@H]5CC[C@@H](C4)N5C(=O)OC(C)(C)C)nc23)cn1. The lowest BCUT2D eigenvalue weighted by molar-refractivity contribution is 0.00565. The molecule has 5 rings (SSSR count). The van der Waals surface area contributed by atoms with Crippen LogP contribution in [-0.4, -0.2) is 96.9 Å². The van der Waals surface area contributed by atoms with Gasteiger partial charge in [-0.05, 0) is 80.5 Å². The van der Waals surface area contributed by atoms with Gasteiger partial charge in [0.1, 0.15) is 24.8 Å². The Morgan fingerprint density at radius 3 is 2.02 bits per heavy atom. The van der Waals surface area contributed by atoms with E-state index in [0.29, 0.717) is 38.0 Å². The molecule has 1 amide bonds. The number of pyridine rings is 1. The zero-order valence-corrected chi connectivity index (χ0v) is 35.8. The molecule has 280 valence electrons. The summed E-state index contributed by atoms with van der Waals surface area (Å²) in [6.07, 6.45) is 6.77. The standard InChI is InChI=1S/C37H57BrN6O5Si2/c1-25(45)31-14-11-26(21-39-31)30-22-40-44-34(30)41-33(27-19-28-12-13-29(20-27)43(28)36(46)49-37(2,3)4)32(38)35(44)42(23-47-15-17-50(5,6)7)24-48-16-18-51(8,9)10/h11,14,21-22,27-29H,12-13,15-20,23-24H2,1-10H3/t27-,28+,29-. The van der Waals surface area contributed by atoms with Gasteiger partial charge in [0.05, 0.1) is 16.4 Å². The predicted molar refractivity (Wildman–Crippen MR) is 211 cm³/mol. The molecule has 2 saturated heterocycles. The molecule has 0 aliphatic carbocycles. The van der Waals surface area contributed by atoms with Crippen molar-refractivity contribution in [2.75, 3.05) is 31.6 Å². The summed E-state index contributed by atoms with van der Waals surface area (Å²) in [5, 5.41) is 4.89. The van der Waals surface area contributed by atoms with Gasteiger partial charge in [0.2, 0.25) is 0 Å². The molecule has 3 aromatic rings. The fourth-order valence-electron chi connectivity index (χ4n) is 6.76. The van der Waals surface area contributed by atoms with Gasteiger partial charge in [0, 0.05) is 71.6 Å². The minimum atomic E-state index is -1.30. The number of nitrogens with zero attached hydrogens (tertiary/aromatic N) is 6. The van der Waals surface area contributed by atoms with Crippen molar-refractivity contribution in [1.82, 2.24) is 24.5 Å². The van der Waals surface area contributed by atoms with Crippen LogP contribution in [0.2, 0.25) is 51.4 Å². The van der Waals surface area contributed by atoms with Crippen molar-refractivity contribution in [3.8, 4) is 11.1 Å². The Kier molecular flexibility index (Phi) is 12.2. The molecule has 0 spiro atoms. The Hall–Kier alpha value is -2.66. The first-order chi connectivity index (χ1) is 23.8. The number of hydrogen-bond acceptors (Lipinski definition) is 9. The van der Waals surface area contributed by atoms with E-state index in [-0.39, 0.29) is 29.9 Å². The van der Waals surface area contributed by atoms with Gasteiger partial charge in [-0.25, -0.2) is 9.78 Å². The molecule has 5 heterocycles. The van der Waals surface area contributed by atoms with E-state index < -0.39 is 21.7 Å². The number of halogens is 1. The zero-order valence-electron chi connectivity index (χ0n) is 32.2. The minimum absolute atomic E-state index is 0.0792. The number of ketones is 1. The molecule has 0 aromatic carbocycles. The lowest BCUT2D eigenvalue weighted by Gasteiger charge is -2.39. The van der Waals surface area contributed by atoms with Crippen LogP contribution >= 0.6 is 15.9 Å². The number of anilines is 1. The minimum Gasteiger partial charge on any atom is -0.444 e. The Morgan fingerprint density at radius 2 is 1.53 bits per heavy atom. The molecule has 14 heteroatoms. The van der Waals surface area contributed by atoms with Crippen LogP contribution in [0, 0.1) is 0 Å². The number of carbonyl (C=O) groups is 2. The summed E-state index contributed by atoms with van der Waals surface area (Å²) in [5.74, 6) is 0.833. The molecular formula is C37H57BrN6O5Si2. The van der Waals surface area contributed by atoms with Crippen molar-refractivity contribution >= 4 is 55.4 Å². The molecule has 2 aliphatic heterocycles. The largest absolute Gasteiger partial charge is 0.444 e. The maximum Gasteiger partial charge on any atom is 0.410 e. The monoisotopic (exact) mass is 800 g/mol. The zero-order chi connectivity index (χ0) is 37.3. The van der Waals surface area contributed by atoms with Crippen LogP contribution in [0.1, 0.15) is 75.5 Å². The number of fused-ring (bicyclic) bond motifs is 3. The topological polar surface area (TPSA) is 111 Å². The number of aromatic nitrogens is 4. The first-order valence-corrected chi connectivity index (χ1v) is 26.5. The molecular weight excluding hydrogens is 745 g/mol. The van der Waals surface area contributed by atoms with Crippen LogP contribution in [0.15, 0.2) is 29.0 Å². The Labute approximate surface area is 314 Å². The molecule has 51 heavy (non-hydrogen) atoms. The molecule has 0 unspecified atom stereocenters. The van der Waals surface area contributed by atoms with Crippen molar-refractivity contribution in [3.63, 3.8) is 0 Å². The van der Waals surface area contributed by atoms with E-state index in [1.165, 1.54) is 6.92 Å². The summed E-state index contributed by atoms with van der Waals surface area (Å²) in [5.41, 5.74) is 3.13. The van der Waals surface area contributed by atoms with Crippen LogP contribution in [-0.2, 0) is 14.2 Å². The highest BCUT2D eigenvalue weighted by atomic mass is 79.9. The molecule has 0 radical (unpaired) electrons. The Balaban J connectivity index is 1.56. The average molecular weight is 802 g/mol. The van der Waals surface area contributed by atoms with Gasteiger partial charge in [0.15, 0.2) is 17.2 Å². The summed E-state index contributed by atoms with van der Waals surface area (Å²) in [6.45, 7) is 23.4. The number of carbonyl (C=O) groups excluding carboxylic acids is 2. The number of rotatable bonds is 14. The molecule has 2 fully saturated rings. The van der Waals surface area contributed by atoms with Crippen LogP contribution in [0.5, 0.6) is 0 Å². The molecule has 0 saturated carbocycles. The van der Waals surface area contributed by atoms with E-state index in [1.807, 2.05) is 42.4 Å². The fraction of sp³-hybridized carbons (Fsp3) is 0.649. The van der Waals surface area contributed by atoms with Crippen molar-refractivity contribution in [3.05, 3.63) is 40.4 Å². The Morgan fingerprint density at radius 1 is 0.941 bits per heavy atom. The lowest BCUT2D eigenvalue weighted by atomic mass is 9.88. The molecule has 2 aliphatic rings. The van der Waals surface area contributed by atoms with E-state index in [9.17, 15) is 9.59 Å². The fourth-order valence-corrected chi connectivity index (χ4v) is 9.11. The maximum atomic E-state index is 13.3. The van der Waals surface area contributed by atoms with Crippen molar-refractivity contribution in [2.24, 2.45) is 0 Å². The van der Waals surface area contributed by atoms with Gasteiger partial charge in [-0.2, -0.15) is 9.61 Å². The molecule has 11 nitrogen and oxygen atoms in total. The molecule has 3 atom stereocenters. The second-order valence-corrected chi connectivity index (χ2v) is 29.6. The van der Waals surface area contributed by atoms with E-state index >= 15 is 0 Å². The highest BCUT2D eigenvalue weighted by Crippen LogP contribution is 2.47.